The van der Waals surface area contributed by atoms with Gasteiger partial charge in [0.05, 0.1) is 15.0 Å². The fourth-order valence-electron chi connectivity index (χ4n) is 1.22. The van der Waals surface area contributed by atoms with Crippen molar-refractivity contribution in [3.8, 4) is 0 Å². The lowest BCUT2D eigenvalue weighted by molar-refractivity contribution is 0.501. The van der Waals surface area contributed by atoms with E-state index in [1.165, 1.54) is 12.1 Å². The molecule has 0 aliphatic rings. The summed E-state index contributed by atoms with van der Waals surface area (Å²) in [5, 5.41) is 0.0648. The molecule has 0 atom stereocenters. The van der Waals surface area contributed by atoms with Crippen LogP contribution in [0.4, 0.5) is 0 Å². The van der Waals surface area contributed by atoms with Crippen LogP contribution in [0.2, 0.25) is 10.0 Å². The molecule has 9 heteroatoms. The van der Waals surface area contributed by atoms with E-state index in [1.807, 2.05) is 0 Å². The van der Waals surface area contributed by atoms with E-state index in [2.05, 4.69) is 20.7 Å². The Morgan fingerprint density at radius 3 is 2.25 bits per heavy atom. The molecule has 0 radical (unpaired) electrons. The first-order chi connectivity index (χ1) is 8.97. The van der Waals surface area contributed by atoms with Gasteiger partial charge >= 0.3 is 0 Å². The van der Waals surface area contributed by atoms with Crippen molar-refractivity contribution in [3.05, 3.63) is 26.7 Å². The van der Waals surface area contributed by atoms with E-state index in [1.54, 1.807) is 13.8 Å². The summed E-state index contributed by atoms with van der Waals surface area (Å²) in [6.45, 7) is 3.53. The van der Waals surface area contributed by atoms with Crippen molar-refractivity contribution in [2.45, 2.75) is 18.7 Å². The summed E-state index contributed by atoms with van der Waals surface area (Å²) in [6.07, 6.45) is 0. The van der Waals surface area contributed by atoms with Gasteiger partial charge < -0.3 is 5.73 Å². The van der Waals surface area contributed by atoms with Crippen LogP contribution in [-0.2, 0) is 10.0 Å². The molecule has 1 rings (SSSR count). The standard InChI is InChI=1S/C11H13BrCl2N2O2S2/c1-11(2,10(15)19)5-16-20(17,18)9-7(13)3-6(12)4-8(9)14/h3-4,16H,5H2,1-2H3,(H2,15,19). The van der Waals surface area contributed by atoms with E-state index in [4.69, 9.17) is 41.2 Å². The van der Waals surface area contributed by atoms with Crippen LogP contribution < -0.4 is 10.5 Å². The molecule has 0 bridgehead atoms. The van der Waals surface area contributed by atoms with Crippen molar-refractivity contribution in [1.82, 2.24) is 4.72 Å². The summed E-state index contributed by atoms with van der Waals surface area (Å²) in [7, 11) is -3.86. The number of nitrogens with one attached hydrogen (secondary N) is 1. The van der Waals surface area contributed by atoms with Gasteiger partial charge in [0.2, 0.25) is 10.0 Å². The molecule has 0 aromatic heterocycles. The summed E-state index contributed by atoms with van der Waals surface area (Å²) in [4.78, 5) is 0.0518. The third-order valence-corrected chi connectivity index (χ3v) is 5.94. The number of hydrogen-bond donors (Lipinski definition) is 2. The number of sulfonamides is 1. The molecule has 112 valence electrons. The molecular weight excluding hydrogens is 407 g/mol. The van der Waals surface area contributed by atoms with Crippen LogP contribution in [0, 0.1) is 5.41 Å². The monoisotopic (exact) mass is 418 g/mol. The van der Waals surface area contributed by atoms with Gasteiger partial charge in [-0.15, -0.1) is 0 Å². The maximum absolute atomic E-state index is 12.3. The van der Waals surface area contributed by atoms with Gasteiger partial charge in [-0.3, -0.25) is 0 Å². The minimum atomic E-state index is -3.86. The molecule has 0 aliphatic heterocycles. The number of nitrogens with two attached hydrogens (primary N) is 1. The van der Waals surface area contributed by atoms with Gasteiger partial charge in [0.15, 0.2) is 0 Å². The van der Waals surface area contributed by atoms with Gasteiger partial charge in [0.25, 0.3) is 0 Å². The molecule has 1 aromatic rings. The summed E-state index contributed by atoms with van der Waals surface area (Å²) in [5.41, 5.74) is 4.90. The van der Waals surface area contributed by atoms with Gasteiger partial charge in [-0.1, -0.05) is 65.2 Å². The minimum Gasteiger partial charge on any atom is -0.393 e. The van der Waals surface area contributed by atoms with Gasteiger partial charge in [-0.25, -0.2) is 13.1 Å². The summed E-state index contributed by atoms with van der Waals surface area (Å²) < 4.78 is 27.6. The fraction of sp³-hybridized carbons (Fsp3) is 0.364. The van der Waals surface area contributed by atoms with E-state index < -0.39 is 15.4 Å². The van der Waals surface area contributed by atoms with Crippen LogP contribution in [-0.4, -0.2) is 20.0 Å². The van der Waals surface area contributed by atoms with Crippen molar-refractivity contribution >= 4 is 66.4 Å². The zero-order valence-corrected chi connectivity index (χ0v) is 15.4. The average molecular weight is 420 g/mol. The van der Waals surface area contributed by atoms with Crippen molar-refractivity contribution in [2.24, 2.45) is 11.1 Å². The van der Waals surface area contributed by atoms with Gasteiger partial charge in [-0.05, 0) is 12.1 Å². The largest absolute Gasteiger partial charge is 0.393 e. The van der Waals surface area contributed by atoms with E-state index in [-0.39, 0.29) is 26.5 Å². The summed E-state index contributed by atoms with van der Waals surface area (Å²) in [5.74, 6) is 0. The lowest BCUT2D eigenvalue weighted by atomic mass is 9.94. The van der Waals surface area contributed by atoms with E-state index in [0.717, 1.165) is 0 Å². The van der Waals surface area contributed by atoms with Crippen LogP contribution in [0.25, 0.3) is 0 Å². The number of thiocarbonyl (C=S) groups is 1. The molecule has 1 aromatic carbocycles. The van der Waals surface area contributed by atoms with Crippen LogP contribution in [0.3, 0.4) is 0 Å². The first kappa shape index (κ1) is 18.1. The van der Waals surface area contributed by atoms with E-state index >= 15 is 0 Å². The molecule has 4 nitrogen and oxygen atoms in total. The summed E-state index contributed by atoms with van der Waals surface area (Å²) in [6, 6.07) is 2.92. The summed E-state index contributed by atoms with van der Waals surface area (Å²) >= 11 is 20.0. The molecule has 0 saturated carbocycles. The molecule has 0 aliphatic carbocycles. The van der Waals surface area contributed by atoms with Crippen LogP contribution in [0.1, 0.15) is 13.8 Å². The van der Waals surface area contributed by atoms with Crippen LogP contribution in [0.5, 0.6) is 0 Å². The Morgan fingerprint density at radius 1 is 1.40 bits per heavy atom. The topological polar surface area (TPSA) is 72.2 Å². The fourth-order valence-corrected chi connectivity index (χ4v) is 4.44. The normalized spacial score (nSPS) is 12.4. The first-order valence-corrected chi connectivity index (χ1v) is 8.85. The Labute approximate surface area is 142 Å². The highest BCUT2D eigenvalue weighted by atomic mass is 79.9. The maximum Gasteiger partial charge on any atom is 0.243 e. The first-order valence-electron chi connectivity index (χ1n) is 5.41. The van der Waals surface area contributed by atoms with Crippen molar-refractivity contribution < 1.29 is 8.42 Å². The lowest BCUT2D eigenvalue weighted by Crippen LogP contribution is -2.41. The third-order valence-electron chi connectivity index (χ3n) is 2.60. The molecule has 3 N–H and O–H groups in total. The molecule has 0 unspecified atom stereocenters. The Bertz CT molecular complexity index is 625. The van der Waals surface area contributed by atoms with Crippen molar-refractivity contribution in [2.75, 3.05) is 6.54 Å². The van der Waals surface area contributed by atoms with E-state index in [9.17, 15) is 8.42 Å². The molecule has 0 amide bonds. The molecular formula is C11H13BrCl2N2O2S2. The predicted octanol–water partition coefficient (Wildman–Crippen LogP) is 3.35. The molecule has 0 heterocycles. The number of benzene rings is 1. The highest BCUT2D eigenvalue weighted by Crippen LogP contribution is 2.33. The smallest absolute Gasteiger partial charge is 0.243 e. The lowest BCUT2D eigenvalue weighted by Gasteiger charge is -2.23. The average Bonchev–Trinajstić information content (AvgIpc) is 2.24. The third kappa shape index (κ3) is 4.29. The zero-order valence-electron chi connectivity index (χ0n) is 10.7. The SMILES string of the molecule is CC(C)(CNS(=O)(=O)c1c(Cl)cc(Br)cc1Cl)C(N)=S. The molecule has 0 spiro atoms. The zero-order chi connectivity index (χ0) is 15.7. The molecule has 0 fully saturated rings. The van der Waals surface area contributed by atoms with Crippen LogP contribution in [0.15, 0.2) is 21.5 Å². The second-order valence-corrected chi connectivity index (χ2v) is 8.64. The molecule has 20 heavy (non-hydrogen) atoms. The highest BCUT2D eigenvalue weighted by molar-refractivity contribution is 9.10. The van der Waals surface area contributed by atoms with Gasteiger partial charge in [0.1, 0.15) is 4.90 Å². The Morgan fingerprint density at radius 2 is 1.85 bits per heavy atom. The molecule has 0 saturated heterocycles. The number of rotatable bonds is 5. The van der Waals surface area contributed by atoms with Crippen molar-refractivity contribution in [3.63, 3.8) is 0 Å². The Hall–Kier alpha value is 0.0800. The Kier molecular flexibility index (Phi) is 5.85. The van der Waals surface area contributed by atoms with Crippen molar-refractivity contribution in [1.29, 1.82) is 0 Å². The quantitative estimate of drug-likeness (QED) is 0.717. The minimum absolute atomic E-state index is 0.0324. The second kappa shape index (κ2) is 6.46. The van der Waals surface area contributed by atoms with E-state index in [0.29, 0.717) is 4.47 Å². The Balaban J connectivity index is 3.11. The van der Waals surface area contributed by atoms with Gasteiger partial charge in [-0.2, -0.15) is 0 Å². The maximum atomic E-state index is 12.3. The number of halogens is 3. The predicted molar refractivity (Wildman–Crippen MR) is 89.9 cm³/mol. The van der Waals surface area contributed by atoms with Crippen LogP contribution >= 0.6 is 51.3 Å². The second-order valence-electron chi connectivity index (χ2n) is 4.77. The van der Waals surface area contributed by atoms with Gasteiger partial charge in [0, 0.05) is 16.4 Å². The number of hydrogen-bond acceptors (Lipinski definition) is 3. The highest BCUT2D eigenvalue weighted by Gasteiger charge is 2.27.